The first-order chi connectivity index (χ1) is 12.2. The van der Waals surface area contributed by atoms with Gasteiger partial charge in [0, 0.05) is 44.0 Å². The highest BCUT2D eigenvalue weighted by molar-refractivity contribution is 5.92. The molecule has 0 aliphatic carbocycles. The molecule has 4 nitrogen and oxygen atoms in total. The van der Waals surface area contributed by atoms with Gasteiger partial charge in [-0.1, -0.05) is 18.2 Å². The van der Waals surface area contributed by atoms with Gasteiger partial charge in [-0.2, -0.15) is 0 Å². The Morgan fingerprint density at radius 3 is 2.56 bits per heavy atom. The SMILES string of the molecule is COc1cccc(N2CCN(C(=O)/C=C/c3cccc(F)c3)CC2)c1. The van der Waals surface area contributed by atoms with E-state index in [2.05, 4.69) is 4.90 Å². The molecule has 1 aliphatic heterocycles. The van der Waals surface area contributed by atoms with Gasteiger partial charge in [0.05, 0.1) is 7.11 Å². The molecule has 5 heteroatoms. The molecule has 0 saturated carbocycles. The van der Waals surface area contributed by atoms with E-state index in [0.29, 0.717) is 18.7 Å². The van der Waals surface area contributed by atoms with Crippen LogP contribution in [-0.4, -0.2) is 44.1 Å². The van der Waals surface area contributed by atoms with Crippen LogP contribution in [-0.2, 0) is 4.79 Å². The summed E-state index contributed by atoms with van der Waals surface area (Å²) in [6.45, 7) is 2.85. The van der Waals surface area contributed by atoms with Crippen LogP contribution in [0.3, 0.4) is 0 Å². The van der Waals surface area contributed by atoms with Gasteiger partial charge >= 0.3 is 0 Å². The summed E-state index contributed by atoms with van der Waals surface area (Å²) in [6, 6.07) is 14.1. The Balaban J connectivity index is 1.57. The maximum absolute atomic E-state index is 13.2. The van der Waals surface area contributed by atoms with Crippen molar-refractivity contribution in [2.45, 2.75) is 0 Å². The van der Waals surface area contributed by atoms with Crippen LogP contribution in [0.2, 0.25) is 0 Å². The van der Waals surface area contributed by atoms with Crippen LogP contribution in [0.25, 0.3) is 6.08 Å². The van der Waals surface area contributed by atoms with Crippen LogP contribution in [0, 0.1) is 5.82 Å². The second-order valence-corrected chi connectivity index (χ2v) is 5.90. The minimum absolute atomic E-state index is 0.0467. The number of methoxy groups -OCH3 is 1. The number of hydrogen-bond donors (Lipinski definition) is 0. The first-order valence-electron chi connectivity index (χ1n) is 8.27. The van der Waals surface area contributed by atoms with E-state index in [-0.39, 0.29) is 11.7 Å². The normalized spacial score (nSPS) is 14.8. The zero-order valence-electron chi connectivity index (χ0n) is 14.2. The zero-order valence-corrected chi connectivity index (χ0v) is 14.2. The van der Waals surface area contributed by atoms with E-state index < -0.39 is 0 Å². The lowest BCUT2D eigenvalue weighted by atomic mass is 10.2. The van der Waals surface area contributed by atoms with Gasteiger partial charge < -0.3 is 14.5 Å². The zero-order chi connectivity index (χ0) is 17.6. The maximum atomic E-state index is 13.2. The molecule has 1 aliphatic rings. The van der Waals surface area contributed by atoms with E-state index in [4.69, 9.17) is 4.74 Å². The van der Waals surface area contributed by atoms with Gasteiger partial charge in [-0.25, -0.2) is 4.39 Å². The minimum Gasteiger partial charge on any atom is -0.497 e. The summed E-state index contributed by atoms with van der Waals surface area (Å²) in [5.74, 6) is 0.477. The Bertz CT molecular complexity index is 768. The van der Waals surface area contributed by atoms with Crippen LogP contribution in [0.1, 0.15) is 5.56 Å². The Kier molecular flexibility index (Phi) is 5.33. The molecule has 1 saturated heterocycles. The van der Waals surface area contributed by atoms with Gasteiger partial charge in [0.15, 0.2) is 0 Å². The summed E-state index contributed by atoms with van der Waals surface area (Å²) in [5, 5.41) is 0. The van der Waals surface area contributed by atoms with Crippen LogP contribution < -0.4 is 9.64 Å². The van der Waals surface area contributed by atoms with Gasteiger partial charge in [0.2, 0.25) is 5.91 Å². The fraction of sp³-hybridized carbons (Fsp3) is 0.250. The van der Waals surface area contributed by atoms with Crippen molar-refractivity contribution < 1.29 is 13.9 Å². The number of rotatable bonds is 4. The maximum Gasteiger partial charge on any atom is 0.246 e. The average molecular weight is 340 g/mol. The van der Waals surface area contributed by atoms with Gasteiger partial charge in [0.25, 0.3) is 0 Å². The third-order valence-corrected chi connectivity index (χ3v) is 4.28. The highest BCUT2D eigenvalue weighted by Crippen LogP contribution is 2.22. The quantitative estimate of drug-likeness (QED) is 0.802. The van der Waals surface area contributed by atoms with E-state index in [1.165, 1.54) is 18.2 Å². The third-order valence-electron chi connectivity index (χ3n) is 4.28. The molecule has 0 atom stereocenters. The van der Waals surface area contributed by atoms with Crippen molar-refractivity contribution in [2.75, 3.05) is 38.2 Å². The molecular weight excluding hydrogens is 319 g/mol. The first-order valence-corrected chi connectivity index (χ1v) is 8.27. The van der Waals surface area contributed by atoms with Crippen molar-refractivity contribution in [3.8, 4) is 5.75 Å². The Hall–Kier alpha value is -2.82. The standard InChI is InChI=1S/C20H21FN2O2/c1-25-19-7-3-6-18(15-19)22-10-12-23(13-11-22)20(24)9-8-16-4-2-5-17(21)14-16/h2-9,14-15H,10-13H2,1H3/b9-8+. The van der Waals surface area contributed by atoms with Crippen molar-refractivity contribution in [3.05, 3.63) is 66.0 Å². The van der Waals surface area contributed by atoms with Gasteiger partial charge in [-0.05, 0) is 35.9 Å². The van der Waals surface area contributed by atoms with Crippen LogP contribution in [0.4, 0.5) is 10.1 Å². The van der Waals surface area contributed by atoms with Crippen molar-refractivity contribution in [1.82, 2.24) is 4.90 Å². The topological polar surface area (TPSA) is 32.8 Å². The summed E-state index contributed by atoms with van der Waals surface area (Å²) in [5.41, 5.74) is 1.78. The minimum atomic E-state index is -0.304. The predicted molar refractivity (Wildman–Crippen MR) is 97.2 cm³/mol. The first kappa shape index (κ1) is 17.0. The lowest BCUT2D eigenvalue weighted by molar-refractivity contribution is -0.126. The second kappa shape index (κ2) is 7.83. The molecule has 25 heavy (non-hydrogen) atoms. The highest BCUT2D eigenvalue weighted by Gasteiger charge is 2.20. The van der Waals surface area contributed by atoms with E-state index in [1.54, 1.807) is 25.3 Å². The lowest BCUT2D eigenvalue weighted by Crippen LogP contribution is -2.48. The molecule has 1 heterocycles. The molecule has 1 fully saturated rings. The fourth-order valence-electron chi connectivity index (χ4n) is 2.88. The number of amides is 1. The predicted octanol–water partition coefficient (Wildman–Crippen LogP) is 3.20. The Labute approximate surface area is 147 Å². The summed E-state index contributed by atoms with van der Waals surface area (Å²) in [6.07, 6.45) is 3.16. The molecule has 0 radical (unpaired) electrons. The number of carbonyl (C=O) groups is 1. The molecule has 0 bridgehead atoms. The number of hydrogen-bond acceptors (Lipinski definition) is 3. The molecule has 3 rings (SSSR count). The molecule has 0 aromatic heterocycles. The Morgan fingerprint density at radius 2 is 1.84 bits per heavy atom. The summed E-state index contributed by atoms with van der Waals surface area (Å²) >= 11 is 0. The van der Waals surface area contributed by atoms with Crippen molar-refractivity contribution in [2.24, 2.45) is 0 Å². The van der Waals surface area contributed by atoms with E-state index in [9.17, 15) is 9.18 Å². The smallest absolute Gasteiger partial charge is 0.246 e. The van der Waals surface area contributed by atoms with Crippen LogP contribution >= 0.6 is 0 Å². The van der Waals surface area contributed by atoms with Crippen molar-refractivity contribution in [1.29, 1.82) is 0 Å². The molecule has 130 valence electrons. The Morgan fingerprint density at radius 1 is 1.08 bits per heavy atom. The molecule has 0 spiro atoms. The number of piperazine rings is 1. The number of benzene rings is 2. The van der Waals surface area contributed by atoms with Crippen molar-refractivity contribution >= 4 is 17.7 Å². The van der Waals surface area contributed by atoms with Crippen LogP contribution in [0.15, 0.2) is 54.6 Å². The summed E-state index contributed by atoms with van der Waals surface area (Å²) in [4.78, 5) is 16.4. The molecule has 1 amide bonds. The summed E-state index contributed by atoms with van der Waals surface area (Å²) < 4.78 is 18.4. The number of carbonyl (C=O) groups excluding carboxylic acids is 1. The van der Waals surface area contributed by atoms with Gasteiger partial charge in [0.1, 0.15) is 11.6 Å². The van der Waals surface area contributed by atoms with Gasteiger partial charge in [-0.3, -0.25) is 4.79 Å². The van der Waals surface area contributed by atoms with Gasteiger partial charge in [-0.15, -0.1) is 0 Å². The highest BCUT2D eigenvalue weighted by atomic mass is 19.1. The number of halogens is 1. The number of anilines is 1. The monoisotopic (exact) mass is 340 g/mol. The van der Waals surface area contributed by atoms with E-state index >= 15 is 0 Å². The van der Waals surface area contributed by atoms with Crippen molar-refractivity contribution in [3.63, 3.8) is 0 Å². The molecule has 2 aromatic carbocycles. The van der Waals surface area contributed by atoms with E-state index in [1.807, 2.05) is 29.2 Å². The van der Waals surface area contributed by atoms with E-state index in [0.717, 1.165) is 24.5 Å². The average Bonchev–Trinajstić information content (AvgIpc) is 2.66. The number of nitrogens with zero attached hydrogens (tertiary/aromatic N) is 2. The molecule has 0 unspecified atom stereocenters. The largest absolute Gasteiger partial charge is 0.497 e. The molecular formula is C20H21FN2O2. The lowest BCUT2D eigenvalue weighted by Gasteiger charge is -2.35. The summed E-state index contributed by atoms with van der Waals surface area (Å²) in [7, 11) is 1.65. The van der Waals surface area contributed by atoms with Crippen LogP contribution in [0.5, 0.6) is 5.75 Å². The third kappa shape index (κ3) is 4.38. The molecule has 2 aromatic rings. The second-order valence-electron chi connectivity index (χ2n) is 5.90. The number of ether oxygens (including phenoxy) is 1. The fourth-order valence-corrected chi connectivity index (χ4v) is 2.88. The molecule has 0 N–H and O–H groups in total.